The van der Waals surface area contributed by atoms with Crippen LogP contribution in [0.25, 0.3) is 0 Å². The van der Waals surface area contributed by atoms with Gasteiger partial charge in [-0.25, -0.2) is 15.6 Å². The van der Waals surface area contributed by atoms with Crippen molar-refractivity contribution in [1.29, 1.82) is 0 Å². The molecule has 0 fully saturated rings. The molecule has 0 aromatic heterocycles. The summed E-state index contributed by atoms with van der Waals surface area (Å²) in [6.45, 7) is 0. The Morgan fingerprint density at radius 1 is 0.667 bits per heavy atom. The number of hydrogen-bond acceptors (Lipinski definition) is 3. The van der Waals surface area contributed by atoms with Crippen molar-refractivity contribution < 1.29 is 14.4 Å². The Morgan fingerprint density at radius 2 is 1.00 bits per heavy atom. The lowest BCUT2D eigenvalue weighted by atomic mass is 10.2. The smallest absolute Gasteiger partial charge is 0.267 e. The third-order valence-corrected chi connectivity index (χ3v) is 3.19. The number of carbonyl (C=O) groups excluding carboxylic acids is 3. The fourth-order valence-corrected chi connectivity index (χ4v) is 1.98. The number of amides is 4. The van der Waals surface area contributed by atoms with Crippen LogP contribution in [0.3, 0.4) is 0 Å². The van der Waals surface area contributed by atoms with Gasteiger partial charge in [0.25, 0.3) is 11.8 Å². The zero-order valence-corrected chi connectivity index (χ0v) is 13.4. The maximum atomic E-state index is 12.1. The summed E-state index contributed by atoms with van der Waals surface area (Å²) >= 11 is 0. The summed E-state index contributed by atoms with van der Waals surface area (Å²) in [5.41, 5.74) is 5.59. The summed E-state index contributed by atoms with van der Waals surface area (Å²) in [5, 5.41) is 2.09. The van der Waals surface area contributed by atoms with E-state index in [-0.39, 0.29) is 11.8 Å². The summed E-state index contributed by atoms with van der Waals surface area (Å²) in [5.74, 6) is -0.745. The van der Waals surface area contributed by atoms with Crippen molar-refractivity contribution in [2.24, 2.45) is 0 Å². The van der Waals surface area contributed by atoms with E-state index in [4.69, 9.17) is 0 Å². The SMILES string of the molecule is CN(NC(=O)NN(C)C(=O)c1ccccc1)C(=O)c1ccccc1. The fraction of sp³-hybridized carbons (Fsp3) is 0.118. The Bertz CT molecular complexity index is 658. The summed E-state index contributed by atoms with van der Waals surface area (Å²) in [6.07, 6.45) is 0. The first kappa shape index (κ1) is 17.0. The van der Waals surface area contributed by atoms with Gasteiger partial charge in [-0.3, -0.25) is 19.6 Å². The minimum atomic E-state index is -0.700. The number of nitrogens with one attached hydrogen (secondary N) is 2. The van der Waals surface area contributed by atoms with E-state index in [9.17, 15) is 14.4 Å². The molecule has 7 heteroatoms. The standard InChI is InChI=1S/C17H18N4O3/c1-20(15(22)13-9-5-3-6-10-13)18-17(24)19-21(2)16(23)14-11-7-4-8-12-14/h3-12H,1-2H3,(H2,18,19,24). The molecule has 0 aliphatic rings. The molecular formula is C17H18N4O3. The fourth-order valence-electron chi connectivity index (χ4n) is 1.98. The molecule has 0 aliphatic heterocycles. The molecular weight excluding hydrogens is 308 g/mol. The minimum Gasteiger partial charge on any atom is -0.267 e. The van der Waals surface area contributed by atoms with Crippen LogP contribution in [0.1, 0.15) is 20.7 Å². The Morgan fingerprint density at radius 3 is 1.33 bits per heavy atom. The highest BCUT2D eigenvalue weighted by molar-refractivity contribution is 5.96. The van der Waals surface area contributed by atoms with Gasteiger partial charge in [-0.15, -0.1) is 0 Å². The van der Waals surface area contributed by atoms with Gasteiger partial charge in [0, 0.05) is 25.2 Å². The monoisotopic (exact) mass is 326 g/mol. The second kappa shape index (κ2) is 7.77. The predicted molar refractivity (Wildman–Crippen MR) is 88.7 cm³/mol. The van der Waals surface area contributed by atoms with Crippen LogP contribution in [0.15, 0.2) is 60.7 Å². The molecule has 0 saturated carbocycles. The molecule has 2 aromatic rings. The van der Waals surface area contributed by atoms with Crippen LogP contribution in [0.2, 0.25) is 0 Å². The van der Waals surface area contributed by atoms with Gasteiger partial charge >= 0.3 is 6.03 Å². The van der Waals surface area contributed by atoms with E-state index in [0.29, 0.717) is 11.1 Å². The Kier molecular flexibility index (Phi) is 5.51. The van der Waals surface area contributed by atoms with Gasteiger partial charge in [0.1, 0.15) is 0 Å². The molecule has 0 aliphatic carbocycles. The molecule has 2 N–H and O–H groups in total. The van der Waals surface area contributed by atoms with E-state index in [0.717, 1.165) is 10.0 Å². The number of hydrazine groups is 2. The first-order valence-corrected chi connectivity index (χ1v) is 7.22. The molecule has 4 amide bonds. The highest BCUT2D eigenvalue weighted by Gasteiger charge is 2.17. The number of carbonyl (C=O) groups is 3. The topological polar surface area (TPSA) is 81.8 Å². The predicted octanol–water partition coefficient (Wildman–Crippen LogP) is 1.66. The molecule has 2 rings (SSSR count). The van der Waals surface area contributed by atoms with Crippen LogP contribution in [0, 0.1) is 0 Å². The summed E-state index contributed by atoms with van der Waals surface area (Å²) in [7, 11) is 2.85. The number of urea groups is 1. The van der Waals surface area contributed by atoms with Crippen molar-refractivity contribution in [3.8, 4) is 0 Å². The number of hydrogen-bond donors (Lipinski definition) is 2. The van der Waals surface area contributed by atoms with Crippen molar-refractivity contribution >= 4 is 17.8 Å². The van der Waals surface area contributed by atoms with Crippen LogP contribution in [0.5, 0.6) is 0 Å². The molecule has 0 spiro atoms. The van der Waals surface area contributed by atoms with E-state index in [1.54, 1.807) is 60.7 Å². The van der Waals surface area contributed by atoms with E-state index < -0.39 is 6.03 Å². The highest BCUT2D eigenvalue weighted by Crippen LogP contribution is 2.02. The molecule has 0 unspecified atom stereocenters. The van der Waals surface area contributed by atoms with E-state index in [1.807, 2.05) is 0 Å². The van der Waals surface area contributed by atoms with Gasteiger partial charge in [-0.2, -0.15) is 0 Å². The van der Waals surface area contributed by atoms with Crippen LogP contribution in [-0.4, -0.2) is 42.0 Å². The molecule has 24 heavy (non-hydrogen) atoms. The zero-order valence-electron chi connectivity index (χ0n) is 13.4. The molecule has 2 aromatic carbocycles. The van der Waals surface area contributed by atoms with E-state index in [2.05, 4.69) is 10.9 Å². The molecule has 0 saturated heterocycles. The Hall–Kier alpha value is -3.35. The van der Waals surface area contributed by atoms with Crippen molar-refractivity contribution in [1.82, 2.24) is 20.9 Å². The van der Waals surface area contributed by atoms with Gasteiger partial charge in [0.05, 0.1) is 0 Å². The Labute approximate surface area is 139 Å². The zero-order chi connectivity index (χ0) is 17.5. The van der Waals surface area contributed by atoms with Gasteiger partial charge in [0.2, 0.25) is 0 Å². The molecule has 124 valence electrons. The van der Waals surface area contributed by atoms with Crippen LogP contribution in [0.4, 0.5) is 4.79 Å². The average Bonchev–Trinajstić information content (AvgIpc) is 2.61. The summed E-state index contributed by atoms with van der Waals surface area (Å²) < 4.78 is 0. The van der Waals surface area contributed by atoms with Crippen LogP contribution in [-0.2, 0) is 0 Å². The average molecular weight is 326 g/mol. The third-order valence-electron chi connectivity index (χ3n) is 3.19. The minimum absolute atomic E-state index is 0.372. The number of nitrogens with zero attached hydrogens (tertiary/aromatic N) is 2. The van der Waals surface area contributed by atoms with E-state index >= 15 is 0 Å². The molecule has 0 bridgehead atoms. The first-order valence-electron chi connectivity index (χ1n) is 7.22. The van der Waals surface area contributed by atoms with Crippen molar-refractivity contribution in [2.75, 3.05) is 14.1 Å². The van der Waals surface area contributed by atoms with Gasteiger partial charge in [-0.1, -0.05) is 36.4 Å². The largest absolute Gasteiger partial charge is 0.352 e. The lowest BCUT2D eigenvalue weighted by molar-refractivity contribution is 0.0683. The maximum Gasteiger partial charge on any atom is 0.352 e. The molecule has 7 nitrogen and oxygen atoms in total. The normalized spacial score (nSPS) is 9.75. The maximum absolute atomic E-state index is 12.1. The summed E-state index contributed by atoms with van der Waals surface area (Å²) in [6, 6.07) is 16.4. The second-order valence-electron chi connectivity index (χ2n) is 5.01. The van der Waals surface area contributed by atoms with Crippen molar-refractivity contribution in [3.63, 3.8) is 0 Å². The highest BCUT2D eigenvalue weighted by atomic mass is 16.2. The van der Waals surface area contributed by atoms with Gasteiger partial charge in [-0.05, 0) is 24.3 Å². The summed E-state index contributed by atoms with van der Waals surface area (Å²) in [4.78, 5) is 36.2. The Balaban J connectivity index is 1.90. The van der Waals surface area contributed by atoms with Gasteiger partial charge < -0.3 is 0 Å². The van der Waals surface area contributed by atoms with Crippen molar-refractivity contribution in [2.45, 2.75) is 0 Å². The third kappa shape index (κ3) is 4.33. The number of rotatable bonds is 2. The van der Waals surface area contributed by atoms with E-state index in [1.165, 1.54) is 14.1 Å². The van der Waals surface area contributed by atoms with Crippen LogP contribution < -0.4 is 10.9 Å². The second-order valence-corrected chi connectivity index (χ2v) is 5.01. The number of benzene rings is 2. The molecule has 0 radical (unpaired) electrons. The van der Waals surface area contributed by atoms with Crippen molar-refractivity contribution in [3.05, 3.63) is 71.8 Å². The molecule has 0 heterocycles. The molecule has 0 atom stereocenters. The van der Waals surface area contributed by atoms with Crippen LogP contribution >= 0.6 is 0 Å². The van der Waals surface area contributed by atoms with Gasteiger partial charge in [0.15, 0.2) is 0 Å². The lowest BCUT2D eigenvalue weighted by Crippen LogP contribution is -2.53. The first-order chi connectivity index (χ1) is 11.5. The quantitative estimate of drug-likeness (QED) is 0.824. The lowest BCUT2D eigenvalue weighted by Gasteiger charge is -2.22.